The molecule has 0 aromatic rings. The molecule has 2 aliphatic rings. The van der Waals surface area contributed by atoms with E-state index in [0.717, 1.165) is 70.6 Å². The Bertz CT molecular complexity index is 324. The average molecular weight is 266 g/mol. The largest absolute Gasteiger partial charge is 0.378 e. The first-order valence-corrected chi connectivity index (χ1v) is 7.23. The smallest absolute Gasteiger partial charge is 0.125 e. The average Bonchev–Trinajstić information content (AvgIpc) is 2.45. The van der Waals surface area contributed by atoms with Crippen molar-refractivity contribution in [2.24, 2.45) is 4.99 Å². The summed E-state index contributed by atoms with van der Waals surface area (Å²) in [6, 6.07) is 0. The van der Waals surface area contributed by atoms with E-state index in [-0.39, 0.29) is 0 Å². The lowest BCUT2D eigenvalue weighted by molar-refractivity contribution is 0.0528. The summed E-state index contributed by atoms with van der Waals surface area (Å²) >= 11 is 0. The molecule has 0 bridgehead atoms. The van der Waals surface area contributed by atoms with Gasteiger partial charge >= 0.3 is 0 Å². The quantitative estimate of drug-likeness (QED) is 0.754. The van der Waals surface area contributed by atoms with Gasteiger partial charge in [-0.1, -0.05) is 0 Å². The predicted molar refractivity (Wildman–Crippen MR) is 78.6 cm³/mol. The molecule has 2 fully saturated rings. The van der Waals surface area contributed by atoms with E-state index in [1.807, 2.05) is 0 Å². The molecule has 0 unspecified atom stereocenters. The van der Waals surface area contributed by atoms with Crippen molar-refractivity contribution in [1.29, 1.82) is 0 Å². The first-order valence-electron chi connectivity index (χ1n) is 7.23. The normalized spacial score (nSPS) is 22.4. The van der Waals surface area contributed by atoms with Gasteiger partial charge in [-0.3, -0.25) is 4.90 Å². The number of hydrogen-bond acceptors (Lipinski definition) is 5. The van der Waals surface area contributed by atoms with Crippen LogP contribution in [0.15, 0.2) is 16.9 Å². The van der Waals surface area contributed by atoms with Crippen LogP contribution in [-0.2, 0) is 4.74 Å². The van der Waals surface area contributed by atoms with E-state index < -0.39 is 0 Å². The van der Waals surface area contributed by atoms with Crippen molar-refractivity contribution >= 4 is 5.71 Å². The Balaban J connectivity index is 1.96. The van der Waals surface area contributed by atoms with Gasteiger partial charge in [0.25, 0.3) is 0 Å². The summed E-state index contributed by atoms with van der Waals surface area (Å²) in [5.41, 5.74) is 1.11. The number of rotatable bonds is 4. The maximum Gasteiger partial charge on any atom is 0.125 e. The zero-order chi connectivity index (χ0) is 13.5. The Labute approximate surface area is 116 Å². The number of aliphatic imine (C=N–C) groups is 1. The first kappa shape index (κ1) is 14.5. The molecule has 2 rings (SSSR count). The standard InChI is InChI=1S/C14H26N4O/c1-13(2)16-14(18-9-11-19-12-10-18)3-6-17-7-4-15-5-8-17/h3,15H,4-12H2,1-2H3/b14-3+. The number of piperazine rings is 1. The van der Waals surface area contributed by atoms with Crippen molar-refractivity contribution < 1.29 is 4.74 Å². The van der Waals surface area contributed by atoms with Crippen molar-refractivity contribution in [3.63, 3.8) is 0 Å². The Morgan fingerprint density at radius 1 is 1.16 bits per heavy atom. The van der Waals surface area contributed by atoms with E-state index in [1.165, 1.54) is 0 Å². The molecule has 2 saturated heterocycles. The summed E-state index contributed by atoms with van der Waals surface area (Å²) < 4.78 is 5.41. The van der Waals surface area contributed by atoms with Crippen LogP contribution in [-0.4, -0.2) is 74.5 Å². The molecule has 0 aliphatic carbocycles. The third-order valence-corrected chi connectivity index (χ3v) is 3.41. The van der Waals surface area contributed by atoms with Gasteiger partial charge in [0.2, 0.25) is 0 Å². The Morgan fingerprint density at radius 2 is 1.84 bits per heavy atom. The van der Waals surface area contributed by atoms with Gasteiger partial charge in [0.05, 0.1) is 13.2 Å². The third-order valence-electron chi connectivity index (χ3n) is 3.41. The Hall–Kier alpha value is -0.910. The summed E-state index contributed by atoms with van der Waals surface area (Å²) in [4.78, 5) is 9.49. The van der Waals surface area contributed by atoms with Crippen LogP contribution in [0.4, 0.5) is 0 Å². The fourth-order valence-electron chi connectivity index (χ4n) is 2.37. The zero-order valence-electron chi connectivity index (χ0n) is 12.2. The topological polar surface area (TPSA) is 40.1 Å². The van der Waals surface area contributed by atoms with E-state index in [9.17, 15) is 0 Å². The molecule has 5 heteroatoms. The molecule has 19 heavy (non-hydrogen) atoms. The second-order valence-corrected chi connectivity index (χ2v) is 5.27. The molecule has 0 atom stereocenters. The Kier molecular flexibility index (Phi) is 5.82. The minimum absolute atomic E-state index is 0.809. The van der Waals surface area contributed by atoms with E-state index in [4.69, 9.17) is 9.73 Å². The molecule has 0 aromatic carbocycles. The minimum atomic E-state index is 0.809. The number of nitrogens with zero attached hydrogens (tertiary/aromatic N) is 3. The number of morpholine rings is 1. The van der Waals surface area contributed by atoms with Gasteiger partial charge < -0.3 is 15.0 Å². The van der Waals surface area contributed by atoms with Gasteiger partial charge in [-0.15, -0.1) is 0 Å². The monoisotopic (exact) mass is 266 g/mol. The SMILES string of the molecule is CC(C)=N/C(=C\CN1CCNCC1)N1CCOCC1. The molecular weight excluding hydrogens is 240 g/mol. The van der Waals surface area contributed by atoms with E-state index >= 15 is 0 Å². The van der Waals surface area contributed by atoms with Crippen LogP contribution >= 0.6 is 0 Å². The lowest BCUT2D eigenvalue weighted by Crippen LogP contribution is -2.43. The highest BCUT2D eigenvalue weighted by atomic mass is 16.5. The first-order chi connectivity index (χ1) is 9.25. The minimum Gasteiger partial charge on any atom is -0.378 e. The summed E-state index contributed by atoms with van der Waals surface area (Å²) in [6.07, 6.45) is 2.27. The van der Waals surface area contributed by atoms with Crippen molar-refractivity contribution in [3.8, 4) is 0 Å². The van der Waals surface area contributed by atoms with Crippen LogP contribution in [0.1, 0.15) is 13.8 Å². The highest BCUT2D eigenvalue weighted by Crippen LogP contribution is 2.10. The highest BCUT2D eigenvalue weighted by molar-refractivity contribution is 5.80. The Morgan fingerprint density at radius 3 is 2.47 bits per heavy atom. The summed E-state index contributed by atoms with van der Waals surface area (Å²) in [6.45, 7) is 13.1. The van der Waals surface area contributed by atoms with E-state index in [2.05, 4.69) is 35.0 Å². The maximum absolute atomic E-state index is 5.41. The molecular formula is C14H26N4O. The highest BCUT2D eigenvalue weighted by Gasteiger charge is 2.14. The van der Waals surface area contributed by atoms with Crippen LogP contribution < -0.4 is 5.32 Å². The van der Waals surface area contributed by atoms with E-state index in [1.54, 1.807) is 0 Å². The van der Waals surface area contributed by atoms with Crippen molar-refractivity contribution in [3.05, 3.63) is 11.9 Å². The van der Waals surface area contributed by atoms with Crippen LogP contribution in [0.5, 0.6) is 0 Å². The summed E-state index contributed by atoms with van der Waals surface area (Å²) in [5, 5.41) is 3.38. The molecule has 108 valence electrons. The molecule has 0 spiro atoms. The maximum atomic E-state index is 5.41. The van der Waals surface area contributed by atoms with Gasteiger partial charge in [-0.2, -0.15) is 0 Å². The molecule has 1 N–H and O–H groups in total. The van der Waals surface area contributed by atoms with E-state index in [0.29, 0.717) is 0 Å². The lowest BCUT2D eigenvalue weighted by atomic mass is 10.3. The number of hydrogen-bond donors (Lipinski definition) is 1. The van der Waals surface area contributed by atoms with Crippen molar-refractivity contribution in [2.45, 2.75) is 13.8 Å². The van der Waals surface area contributed by atoms with Gasteiger partial charge in [0.1, 0.15) is 5.82 Å². The van der Waals surface area contributed by atoms with Crippen LogP contribution in [0.2, 0.25) is 0 Å². The van der Waals surface area contributed by atoms with Gasteiger partial charge in [0, 0.05) is 51.5 Å². The molecule has 0 amide bonds. The molecule has 2 aliphatic heterocycles. The second kappa shape index (κ2) is 7.62. The molecule has 0 radical (unpaired) electrons. The summed E-state index contributed by atoms with van der Waals surface area (Å²) in [7, 11) is 0. The third kappa shape index (κ3) is 4.93. The zero-order valence-corrected chi connectivity index (χ0v) is 12.2. The van der Waals surface area contributed by atoms with Gasteiger partial charge in [-0.25, -0.2) is 4.99 Å². The second-order valence-electron chi connectivity index (χ2n) is 5.27. The van der Waals surface area contributed by atoms with Crippen LogP contribution in [0.25, 0.3) is 0 Å². The fourth-order valence-corrected chi connectivity index (χ4v) is 2.37. The van der Waals surface area contributed by atoms with Gasteiger partial charge in [-0.05, 0) is 19.9 Å². The van der Waals surface area contributed by atoms with Crippen molar-refractivity contribution in [1.82, 2.24) is 15.1 Å². The molecule has 0 aromatic heterocycles. The van der Waals surface area contributed by atoms with Gasteiger partial charge in [0.15, 0.2) is 0 Å². The van der Waals surface area contributed by atoms with Crippen LogP contribution in [0, 0.1) is 0 Å². The fraction of sp³-hybridized carbons (Fsp3) is 0.786. The molecule has 0 saturated carbocycles. The predicted octanol–water partition coefficient (Wildman–Crippen LogP) is 0.546. The summed E-state index contributed by atoms with van der Waals surface area (Å²) in [5.74, 6) is 1.11. The lowest BCUT2D eigenvalue weighted by Gasteiger charge is -2.30. The van der Waals surface area contributed by atoms with Crippen molar-refractivity contribution in [2.75, 3.05) is 59.0 Å². The number of nitrogens with one attached hydrogen (secondary N) is 1. The van der Waals surface area contributed by atoms with Crippen LogP contribution in [0.3, 0.4) is 0 Å². The molecule has 2 heterocycles. The number of ether oxygens (including phenoxy) is 1. The molecule has 5 nitrogen and oxygen atoms in total.